The first-order valence-corrected chi connectivity index (χ1v) is 9.41. The molecule has 5 heteroatoms. The van der Waals surface area contributed by atoms with Gasteiger partial charge < -0.3 is 5.32 Å². The Hall–Kier alpha value is -1.88. The Bertz CT molecular complexity index is 648. The fourth-order valence-corrected chi connectivity index (χ4v) is 3.85. The number of hydrogen-bond acceptors (Lipinski definition) is 3. The second-order valence-corrected chi connectivity index (χ2v) is 7.68. The van der Waals surface area contributed by atoms with Crippen molar-refractivity contribution in [1.29, 1.82) is 0 Å². The smallest absolute Gasteiger partial charge is 0.250 e. The summed E-state index contributed by atoms with van der Waals surface area (Å²) in [7, 11) is 0. The van der Waals surface area contributed by atoms with E-state index in [1.807, 2.05) is 45.0 Å². The number of anilines is 2. The van der Waals surface area contributed by atoms with Gasteiger partial charge in [0.2, 0.25) is 11.8 Å². The molecule has 0 spiro atoms. The Morgan fingerprint density at radius 2 is 1.68 bits per heavy atom. The molecule has 0 unspecified atom stereocenters. The molecule has 1 saturated heterocycles. The lowest BCUT2D eigenvalue weighted by molar-refractivity contribution is -0.129. The molecule has 25 heavy (non-hydrogen) atoms. The van der Waals surface area contributed by atoms with Crippen molar-refractivity contribution in [3.63, 3.8) is 0 Å². The van der Waals surface area contributed by atoms with Crippen LogP contribution in [-0.2, 0) is 9.59 Å². The molecule has 1 atom stereocenters. The van der Waals surface area contributed by atoms with Crippen molar-refractivity contribution in [1.82, 2.24) is 4.90 Å². The minimum absolute atomic E-state index is 0.00729. The molecular formula is C20H29N3O2. The highest BCUT2D eigenvalue weighted by Crippen LogP contribution is 2.37. The molecule has 1 fully saturated rings. The summed E-state index contributed by atoms with van der Waals surface area (Å²) in [6.07, 6.45) is 6.04. The second kappa shape index (κ2) is 7.16. The van der Waals surface area contributed by atoms with Gasteiger partial charge in [0.25, 0.3) is 0 Å². The summed E-state index contributed by atoms with van der Waals surface area (Å²) in [5.41, 5.74) is 0.596. The van der Waals surface area contributed by atoms with E-state index < -0.39 is 5.54 Å². The van der Waals surface area contributed by atoms with Crippen LogP contribution >= 0.6 is 0 Å². The maximum atomic E-state index is 13.4. The summed E-state index contributed by atoms with van der Waals surface area (Å²) < 4.78 is 0. The van der Waals surface area contributed by atoms with E-state index in [0.717, 1.165) is 31.6 Å². The molecule has 0 aromatic heterocycles. The van der Waals surface area contributed by atoms with Crippen LogP contribution < -0.4 is 10.2 Å². The Labute approximate surface area is 150 Å². The number of nitrogens with zero attached hydrogens (tertiary/aromatic N) is 2. The molecule has 1 aromatic carbocycles. The normalized spacial score (nSPS) is 22.4. The van der Waals surface area contributed by atoms with E-state index >= 15 is 0 Å². The molecule has 5 nitrogen and oxygen atoms in total. The van der Waals surface area contributed by atoms with Gasteiger partial charge >= 0.3 is 0 Å². The number of rotatable bonds is 2. The van der Waals surface area contributed by atoms with Gasteiger partial charge in [0, 0.05) is 0 Å². The molecule has 0 bridgehead atoms. The van der Waals surface area contributed by atoms with E-state index in [-0.39, 0.29) is 17.9 Å². The Morgan fingerprint density at radius 3 is 2.36 bits per heavy atom. The fourth-order valence-electron chi connectivity index (χ4n) is 3.85. The topological polar surface area (TPSA) is 52.7 Å². The average molecular weight is 343 g/mol. The van der Waals surface area contributed by atoms with E-state index in [1.54, 1.807) is 4.90 Å². The molecule has 0 radical (unpaired) electrons. The van der Waals surface area contributed by atoms with Crippen molar-refractivity contribution in [3.05, 3.63) is 24.3 Å². The first-order valence-electron chi connectivity index (χ1n) is 9.41. The predicted octanol–water partition coefficient (Wildman–Crippen LogP) is 3.40. The number of benzene rings is 1. The van der Waals surface area contributed by atoms with E-state index in [0.29, 0.717) is 5.69 Å². The van der Waals surface area contributed by atoms with Crippen molar-refractivity contribution in [2.75, 3.05) is 23.3 Å². The summed E-state index contributed by atoms with van der Waals surface area (Å²) in [6, 6.07) is 7.32. The summed E-state index contributed by atoms with van der Waals surface area (Å²) >= 11 is 0. The highest BCUT2D eigenvalue weighted by atomic mass is 16.2. The van der Waals surface area contributed by atoms with Crippen LogP contribution in [0.4, 0.5) is 11.4 Å². The van der Waals surface area contributed by atoms with Gasteiger partial charge in [-0.1, -0.05) is 31.4 Å². The van der Waals surface area contributed by atoms with Crippen LogP contribution in [0, 0.1) is 0 Å². The van der Waals surface area contributed by atoms with Crippen molar-refractivity contribution >= 4 is 23.2 Å². The van der Waals surface area contributed by atoms with Crippen molar-refractivity contribution in [3.8, 4) is 0 Å². The molecule has 1 aromatic rings. The average Bonchev–Trinajstić information content (AvgIpc) is 2.54. The van der Waals surface area contributed by atoms with Crippen LogP contribution in [-0.4, -0.2) is 41.4 Å². The number of amides is 2. The summed E-state index contributed by atoms with van der Waals surface area (Å²) in [5, 5.41) is 2.93. The molecule has 2 heterocycles. The lowest BCUT2D eigenvalue weighted by Crippen LogP contribution is -2.62. The van der Waals surface area contributed by atoms with E-state index in [4.69, 9.17) is 0 Å². The molecule has 1 N–H and O–H groups in total. The quantitative estimate of drug-likeness (QED) is 0.895. The zero-order valence-corrected chi connectivity index (χ0v) is 15.5. The minimum Gasteiger partial charge on any atom is -0.322 e. The maximum absolute atomic E-state index is 13.4. The molecule has 136 valence electrons. The molecule has 2 aliphatic heterocycles. The minimum atomic E-state index is -0.900. The zero-order valence-electron chi connectivity index (χ0n) is 15.5. The molecular weight excluding hydrogens is 314 g/mol. The van der Waals surface area contributed by atoms with Gasteiger partial charge in [0.1, 0.15) is 5.54 Å². The number of fused-ring (bicyclic) bond motifs is 1. The van der Waals surface area contributed by atoms with Crippen LogP contribution in [0.1, 0.15) is 52.9 Å². The highest BCUT2D eigenvalue weighted by molar-refractivity contribution is 6.15. The first-order chi connectivity index (χ1) is 11.9. The van der Waals surface area contributed by atoms with E-state index in [9.17, 15) is 9.59 Å². The number of carbonyl (C=O) groups excluding carboxylic acids is 2. The van der Waals surface area contributed by atoms with Crippen LogP contribution in [0.25, 0.3) is 0 Å². The van der Waals surface area contributed by atoms with Gasteiger partial charge in [0.15, 0.2) is 0 Å². The summed E-state index contributed by atoms with van der Waals surface area (Å²) in [5.74, 6) is -0.132. The third-order valence-corrected chi connectivity index (χ3v) is 5.52. The molecule has 2 amide bonds. The number of hydrogen-bond donors (Lipinski definition) is 1. The maximum Gasteiger partial charge on any atom is 0.250 e. The largest absolute Gasteiger partial charge is 0.322 e. The third kappa shape index (κ3) is 3.43. The van der Waals surface area contributed by atoms with Gasteiger partial charge in [-0.25, -0.2) is 0 Å². The van der Waals surface area contributed by atoms with Crippen molar-refractivity contribution in [2.24, 2.45) is 0 Å². The number of carbonyl (C=O) groups is 2. The molecule has 0 saturated carbocycles. The van der Waals surface area contributed by atoms with Gasteiger partial charge in [-0.3, -0.25) is 19.4 Å². The Morgan fingerprint density at radius 1 is 1.08 bits per heavy atom. The van der Waals surface area contributed by atoms with E-state index in [1.165, 1.54) is 19.3 Å². The molecule has 2 aliphatic rings. The van der Waals surface area contributed by atoms with E-state index in [2.05, 4.69) is 10.2 Å². The first kappa shape index (κ1) is 17.9. The molecule has 0 aliphatic carbocycles. The van der Waals surface area contributed by atoms with Crippen LogP contribution in [0.15, 0.2) is 24.3 Å². The standard InChI is InChI=1S/C20H29N3O2/c1-15(22-13-9-5-4-6-10-14-22)18(24)23-17-12-8-7-11-16(17)21-19(25)20(23,2)3/h7-8,11-12,15H,4-6,9-10,13-14H2,1-3H3,(H,21,25)/t15-/m1/s1. The lowest BCUT2D eigenvalue weighted by Gasteiger charge is -2.44. The Balaban J connectivity index is 1.89. The Kier molecular flexibility index (Phi) is 5.13. The summed E-state index contributed by atoms with van der Waals surface area (Å²) in [6.45, 7) is 7.52. The van der Waals surface area contributed by atoms with Crippen LogP contribution in [0.5, 0.6) is 0 Å². The SMILES string of the molecule is C[C@H](C(=O)N1c2ccccc2NC(=O)C1(C)C)N1CCCCCCC1. The van der Waals surface area contributed by atoms with Gasteiger partial charge in [-0.05, 0) is 58.8 Å². The number of likely N-dealkylation sites (tertiary alicyclic amines) is 1. The van der Waals surface area contributed by atoms with Crippen molar-refractivity contribution < 1.29 is 9.59 Å². The predicted molar refractivity (Wildman–Crippen MR) is 101 cm³/mol. The highest BCUT2D eigenvalue weighted by Gasteiger charge is 2.45. The lowest BCUT2D eigenvalue weighted by atomic mass is 9.95. The second-order valence-electron chi connectivity index (χ2n) is 7.68. The van der Waals surface area contributed by atoms with Gasteiger partial charge in [0.05, 0.1) is 17.4 Å². The third-order valence-electron chi connectivity index (χ3n) is 5.52. The van der Waals surface area contributed by atoms with Crippen molar-refractivity contribution in [2.45, 2.75) is 64.5 Å². The molecule has 3 rings (SSSR count). The fraction of sp³-hybridized carbons (Fsp3) is 0.600. The van der Waals surface area contributed by atoms with Gasteiger partial charge in [-0.15, -0.1) is 0 Å². The zero-order chi connectivity index (χ0) is 18.0. The number of para-hydroxylation sites is 2. The van der Waals surface area contributed by atoms with Crippen LogP contribution in [0.3, 0.4) is 0 Å². The van der Waals surface area contributed by atoms with Crippen LogP contribution in [0.2, 0.25) is 0 Å². The van der Waals surface area contributed by atoms with Gasteiger partial charge in [-0.2, -0.15) is 0 Å². The summed E-state index contributed by atoms with van der Waals surface area (Å²) in [4.78, 5) is 30.0. The monoisotopic (exact) mass is 343 g/mol. The number of nitrogens with one attached hydrogen (secondary N) is 1.